The number of pyridine rings is 1. The Balaban J connectivity index is 2.20. The van der Waals surface area contributed by atoms with Gasteiger partial charge in [-0.3, -0.25) is 9.78 Å². The topological polar surface area (TPSA) is 30.0 Å². The summed E-state index contributed by atoms with van der Waals surface area (Å²) in [5, 5.41) is 0. The van der Waals surface area contributed by atoms with E-state index in [1.807, 2.05) is 0 Å². The molecule has 0 aliphatic carbocycles. The molecule has 0 bridgehead atoms. The van der Waals surface area contributed by atoms with E-state index in [0.717, 1.165) is 17.7 Å². The average Bonchev–Trinajstić information content (AvgIpc) is 2.38. The van der Waals surface area contributed by atoms with Crippen LogP contribution >= 0.6 is 0 Å². The van der Waals surface area contributed by atoms with Crippen molar-refractivity contribution in [2.24, 2.45) is 0 Å². The van der Waals surface area contributed by atoms with Crippen molar-refractivity contribution in [1.29, 1.82) is 0 Å². The molecule has 5 heteroatoms. The van der Waals surface area contributed by atoms with Gasteiger partial charge in [-0.2, -0.15) is 13.2 Å². The number of alkyl halides is 3. The number of nitrogens with zero attached hydrogens (tertiary/aromatic N) is 1. The lowest BCUT2D eigenvalue weighted by atomic mass is 10.0. The summed E-state index contributed by atoms with van der Waals surface area (Å²) in [6, 6.07) is 8.46. The number of carbonyl (C=O) groups excluding carboxylic acids is 1. The van der Waals surface area contributed by atoms with Crippen molar-refractivity contribution in [3.8, 4) is 0 Å². The summed E-state index contributed by atoms with van der Waals surface area (Å²) in [5.41, 5.74) is 0.993. The lowest BCUT2D eigenvalue weighted by molar-refractivity contribution is -0.137. The number of carbonyl (C=O) groups is 1. The van der Waals surface area contributed by atoms with E-state index in [0.29, 0.717) is 17.7 Å². The number of ketones is 1. The van der Waals surface area contributed by atoms with Crippen molar-refractivity contribution in [3.05, 3.63) is 65.0 Å². The highest BCUT2D eigenvalue weighted by Crippen LogP contribution is 2.29. The average molecular weight is 279 g/mol. The minimum Gasteiger partial charge on any atom is -0.293 e. The lowest BCUT2D eigenvalue weighted by Gasteiger charge is -2.08. The predicted octanol–water partition coefficient (Wildman–Crippen LogP) is 3.89. The van der Waals surface area contributed by atoms with Gasteiger partial charge in [0.25, 0.3) is 0 Å². The fourth-order valence-electron chi connectivity index (χ4n) is 1.83. The molecular weight excluding hydrogens is 267 g/mol. The van der Waals surface area contributed by atoms with Gasteiger partial charge in [0.2, 0.25) is 0 Å². The molecule has 2 aromatic rings. The zero-order valence-electron chi connectivity index (χ0n) is 10.7. The van der Waals surface area contributed by atoms with Crippen molar-refractivity contribution in [1.82, 2.24) is 4.98 Å². The summed E-state index contributed by atoms with van der Waals surface area (Å²) in [5.74, 6) is -0.143. The monoisotopic (exact) mass is 279 g/mol. The minimum absolute atomic E-state index is 0.143. The molecule has 0 amide bonds. The highest BCUT2D eigenvalue weighted by atomic mass is 19.4. The minimum atomic E-state index is -4.34. The maximum absolute atomic E-state index is 12.6. The molecule has 1 aromatic heterocycles. The van der Waals surface area contributed by atoms with E-state index in [4.69, 9.17) is 0 Å². The van der Waals surface area contributed by atoms with Crippen molar-refractivity contribution < 1.29 is 18.0 Å². The largest absolute Gasteiger partial charge is 0.416 e. The van der Waals surface area contributed by atoms with Crippen molar-refractivity contribution in [3.63, 3.8) is 0 Å². The predicted molar refractivity (Wildman–Crippen MR) is 68.5 cm³/mol. The molecule has 1 aromatic carbocycles. The Morgan fingerprint density at radius 1 is 1.15 bits per heavy atom. The first-order valence-electron chi connectivity index (χ1n) is 5.98. The van der Waals surface area contributed by atoms with Gasteiger partial charge in [-0.15, -0.1) is 0 Å². The number of Topliss-reactive ketones (excluding diaryl/α,β-unsaturated/α-hetero) is 1. The number of halogens is 3. The van der Waals surface area contributed by atoms with Crippen LogP contribution in [0.2, 0.25) is 0 Å². The Labute approximate surface area is 114 Å². The molecule has 0 saturated carbocycles. The first kappa shape index (κ1) is 14.2. The van der Waals surface area contributed by atoms with Crippen LogP contribution in [-0.4, -0.2) is 10.8 Å². The summed E-state index contributed by atoms with van der Waals surface area (Å²) in [7, 11) is 0. The molecule has 0 aliphatic heterocycles. The van der Waals surface area contributed by atoms with E-state index < -0.39 is 11.7 Å². The van der Waals surface area contributed by atoms with Gasteiger partial charge < -0.3 is 0 Å². The second-order valence-corrected chi connectivity index (χ2v) is 4.48. The number of benzene rings is 1. The number of rotatable bonds is 3. The van der Waals surface area contributed by atoms with Crippen LogP contribution in [0.15, 0.2) is 42.6 Å². The Bertz CT molecular complexity index is 618. The standard InChI is InChI=1S/C15H12F3NO/c1-10(20)14-6-5-12(9-19-14)7-11-3-2-4-13(8-11)15(16,17)18/h2-6,8-9H,7H2,1H3. The SMILES string of the molecule is CC(=O)c1ccc(Cc2cccc(C(F)(F)F)c2)cn1. The quantitative estimate of drug-likeness (QED) is 0.798. The zero-order valence-corrected chi connectivity index (χ0v) is 10.7. The van der Waals surface area contributed by atoms with Crippen LogP contribution in [0.5, 0.6) is 0 Å². The summed E-state index contributed by atoms with van der Waals surface area (Å²) in [4.78, 5) is 15.1. The van der Waals surface area contributed by atoms with E-state index in [9.17, 15) is 18.0 Å². The summed E-state index contributed by atoms with van der Waals surface area (Å²) in [6.07, 6.45) is -2.49. The molecule has 2 rings (SSSR count). The molecule has 20 heavy (non-hydrogen) atoms. The smallest absolute Gasteiger partial charge is 0.293 e. The van der Waals surface area contributed by atoms with E-state index in [-0.39, 0.29) is 5.78 Å². The molecule has 0 spiro atoms. The van der Waals surface area contributed by atoms with Gasteiger partial charge >= 0.3 is 6.18 Å². The van der Waals surface area contributed by atoms with Crippen molar-refractivity contribution in [2.45, 2.75) is 19.5 Å². The number of aromatic nitrogens is 1. The van der Waals surface area contributed by atoms with Crippen LogP contribution < -0.4 is 0 Å². The molecule has 0 radical (unpaired) electrons. The zero-order chi connectivity index (χ0) is 14.8. The third kappa shape index (κ3) is 3.44. The Morgan fingerprint density at radius 3 is 2.45 bits per heavy atom. The number of hydrogen-bond acceptors (Lipinski definition) is 2. The van der Waals surface area contributed by atoms with Gasteiger partial charge in [-0.25, -0.2) is 0 Å². The van der Waals surface area contributed by atoms with Crippen LogP contribution in [0.4, 0.5) is 13.2 Å². The van der Waals surface area contributed by atoms with Gasteiger partial charge in [0.15, 0.2) is 5.78 Å². The molecular formula is C15H12F3NO. The maximum Gasteiger partial charge on any atom is 0.416 e. The third-order valence-electron chi connectivity index (χ3n) is 2.85. The first-order valence-corrected chi connectivity index (χ1v) is 5.98. The summed E-state index contributed by atoms with van der Waals surface area (Å²) < 4.78 is 37.8. The fourth-order valence-corrected chi connectivity index (χ4v) is 1.83. The molecule has 0 fully saturated rings. The van der Waals surface area contributed by atoms with Gasteiger partial charge in [-0.1, -0.05) is 24.3 Å². The molecule has 0 aliphatic rings. The van der Waals surface area contributed by atoms with E-state index in [2.05, 4.69) is 4.98 Å². The Morgan fingerprint density at radius 2 is 1.90 bits per heavy atom. The van der Waals surface area contributed by atoms with E-state index in [1.165, 1.54) is 19.2 Å². The van der Waals surface area contributed by atoms with Gasteiger partial charge in [0, 0.05) is 13.1 Å². The molecule has 0 unspecified atom stereocenters. The summed E-state index contributed by atoms with van der Waals surface area (Å²) >= 11 is 0. The van der Waals surface area contributed by atoms with Crippen molar-refractivity contribution in [2.75, 3.05) is 0 Å². The third-order valence-corrected chi connectivity index (χ3v) is 2.85. The normalized spacial score (nSPS) is 11.4. The molecule has 1 heterocycles. The fraction of sp³-hybridized carbons (Fsp3) is 0.200. The Kier molecular flexibility index (Phi) is 3.88. The van der Waals surface area contributed by atoms with Gasteiger partial charge in [0.1, 0.15) is 5.69 Å². The van der Waals surface area contributed by atoms with Crippen LogP contribution in [0.1, 0.15) is 34.1 Å². The van der Waals surface area contributed by atoms with Gasteiger partial charge in [0.05, 0.1) is 5.56 Å². The van der Waals surface area contributed by atoms with Crippen LogP contribution in [0.3, 0.4) is 0 Å². The van der Waals surface area contributed by atoms with E-state index in [1.54, 1.807) is 18.2 Å². The molecule has 0 N–H and O–H groups in total. The van der Waals surface area contributed by atoms with Crippen LogP contribution in [-0.2, 0) is 12.6 Å². The molecule has 104 valence electrons. The first-order chi connectivity index (χ1) is 9.36. The van der Waals surface area contributed by atoms with Crippen molar-refractivity contribution >= 4 is 5.78 Å². The molecule has 0 atom stereocenters. The molecule has 2 nitrogen and oxygen atoms in total. The maximum atomic E-state index is 12.6. The highest BCUT2D eigenvalue weighted by Gasteiger charge is 2.30. The van der Waals surface area contributed by atoms with Gasteiger partial charge in [-0.05, 0) is 29.7 Å². The van der Waals surface area contributed by atoms with Crippen LogP contribution in [0, 0.1) is 0 Å². The second kappa shape index (κ2) is 5.45. The highest BCUT2D eigenvalue weighted by molar-refractivity contribution is 5.91. The lowest BCUT2D eigenvalue weighted by Crippen LogP contribution is -2.05. The Hall–Kier alpha value is -2.17. The number of hydrogen-bond donors (Lipinski definition) is 0. The van der Waals surface area contributed by atoms with E-state index >= 15 is 0 Å². The molecule has 0 saturated heterocycles. The summed E-state index contributed by atoms with van der Waals surface area (Å²) in [6.45, 7) is 1.41. The van der Waals surface area contributed by atoms with Crippen LogP contribution in [0.25, 0.3) is 0 Å². The second-order valence-electron chi connectivity index (χ2n) is 4.48.